The minimum absolute atomic E-state index is 0. The minimum Gasteiger partial charge on any atom is -0.371 e. The van der Waals surface area contributed by atoms with Crippen molar-refractivity contribution in [3.63, 3.8) is 0 Å². The highest BCUT2D eigenvalue weighted by molar-refractivity contribution is 5.85. The lowest BCUT2D eigenvalue weighted by molar-refractivity contribution is -0.127. The molecule has 0 bridgehead atoms. The van der Waals surface area contributed by atoms with Crippen molar-refractivity contribution in [3.8, 4) is 0 Å². The van der Waals surface area contributed by atoms with Crippen LogP contribution in [0.5, 0.6) is 0 Å². The molecule has 5 heteroatoms. The Morgan fingerprint density at radius 1 is 1.50 bits per heavy atom. The first-order chi connectivity index (χ1) is 7.95. The first kappa shape index (κ1) is 17.7. The van der Waals surface area contributed by atoms with Crippen LogP contribution < -0.4 is 11.1 Å². The number of halogens is 1. The maximum atomic E-state index is 11.7. The summed E-state index contributed by atoms with van der Waals surface area (Å²) in [6.07, 6.45) is 3.38. The van der Waals surface area contributed by atoms with Crippen LogP contribution in [0, 0.1) is 11.8 Å². The van der Waals surface area contributed by atoms with Crippen molar-refractivity contribution >= 4 is 18.3 Å². The number of rotatable bonds is 8. The molecule has 0 radical (unpaired) electrons. The van der Waals surface area contributed by atoms with E-state index in [1.807, 2.05) is 6.92 Å². The predicted molar refractivity (Wildman–Crippen MR) is 75.8 cm³/mol. The number of nitrogens with one attached hydrogen (secondary N) is 1. The van der Waals surface area contributed by atoms with Gasteiger partial charge in [-0.3, -0.25) is 4.79 Å². The molecule has 1 atom stereocenters. The molecule has 0 heterocycles. The third kappa shape index (κ3) is 7.19. The smallest absolute Gasteiger partial charge is 0.246 e. The van der Waals surface area contributed by atoms with Gasteiger partial charge in [0.2, 0.25) is 5.91 Å². The van der Waals surface area contributed by atoms with Crippen LogP contribution in [0.25, 0.3) is 0 Å². The molecule has 1 saturated carbocycles. The maximum Gasteiger partial charge on any atom is 0.246 e. The molecule has 0 aliphatic heterocycles. The molecule has 18 heavy (non-hydrogen) atoms. The second-order valence-electron chi connectivity index (χ2n) is 5.87. The summed E-state index contributed by atoms with van der Waals surface area (Å²) in [6, 6.07) is 0. The van der Waals surface area contributed by atoms with E-state index in [1.54, 1.807) is 0 Å². The van der Waals surface area contributed by atoms with E-state index in [1.165, 1.54) is 12.8 Å². The summed E-state index contributed by atoms with van der Waals surface area (Å²) in [4.78, 5) is 11.7. The Hall–Kier alpha value is -0.320. The zero-order valence-electron chi connectivity index (χ0n) is 11.7. The molecule has 1 unspecified atom stereocenters. The van der Waals surface area contributed by atoms with E-state index in [9.17, 15) is 4.79 Å². The Labute approximate surface area is 116 Å². The van der Waals surface area contributed by atoms with Gasteiger partial charge >= 0.3 is 0 Å². The average Bonchev–Trinajstić information content (AvgIpc) is 3.00. The number of ether oxygens (including phenoxy) is 1. The third-order valence-electron chi connectivity index (χ3n) is 3.03. The molecule has 1 aliphatic carbocycles. The summed E-state index contributed by atoms with van der Waals surface area (Å²) in [7, 11) is 0. The lowest BCUT2D eigenvalue weighted by atomic mass is 9.91. The molecule has 4 nitrogen and oxygen atoms in total. The summed E-state index contributed by atoms with van der Waals surface area (Å²) in [5, 5.41) is 2.98. The van der Waals surface area contributed by atoms with Crippen LogP contribution in [0.2, 0.25) is 0 Å². The molecule has 0 aromatic heterocycles. The lowest BCUT2D eigenvalue weighted by Gasteiger charge is -2.31. The fourth-order valence-corrected chi connectivity index (χ4v) is 2.06. The molecular formula is C13H27ClN2O2. The second-order valence-corrected chi connectivity index (χ2v) is 5.87. The largest absolute Gasteiger partial charge is 0.371 e. The summed E-state index contributed by atoms with van der Waals surface area (Å²) >= 11 is 0. The summed E-state index contributed by atoms with van der Waals surface area (Å²) in [5.41, 5.74) is 5.42. The third-order valence-corrected chi connectivity index (χ3v) is 3.03. The van der Waals surface area contributed by atoms with Gasteiger partial charge in [0.15, 0.2) is 0 Å². The van der Waals surface area contributed by atoms with Crippen molar-refractivity contribution in [1.82, 2.24) is 5.32 Å². The molecule has 1 aliphatic rings. The van der Waals surface area contributed by atoms with Crippen LogP contribution in [0.1, 0.15) is 40.0 Å². The predicted octanol–water partition coefficient (Wildman–Crippen LogP) is 1.71. The van der Waals surface area contributed by atoms with E-state index in [0.717, 1.165) is 13.0 Å². The molecule has 1 fully saturated rings. The van der Waals surface area contributed by atoms with Crippen LogP contribution in [-0.2, 0) is 9.53 Å². The monoisotopic (exact) mass is 278 g/mol. The first-order valence-electron chi connectivity index (χ1n) is 6.54. The SMILES string of the molecule is CC(C)CC(C)(CN)NC(=O)COCC1CC1.Cl. The van der Waals surface area contributed by atoms with Crippen molar-refractivity contribution in [2.75, 3.05) is 19.8 Å². The van der Waals surface area contributed by atoms with Gasteiger partial charge in [-0.2, -0.15) is 0 Å². The van der Waals surface area contributed by atoms with Crippen LogP contribution in [-0.4, -0.2) is 31.2 Å². The first-order valence-corrected chi connectivity index (χ1v) is 6.54. The van der Waals surface area contributed by atoms with Gasteiger partial charge in [0, 0.05) is 12.1 Å². The van der Waals surface area contributed by atoms with Crippen molar-refractivity contribution in [2.24, 2.45) is 17.6 Å². The van der Waals surface area contributed by atoms with Gasteiger partial charge in [-0.15, -0.1) is 12.4 Å². The van der Waals surface area contributed by atoms with Gasteiger partial charge in [-0.05, 0) is 38.0 Å². The van der Waals surface area contributed by atoms with E-state index in [0.29, 0.717) is 18.4 Å². The van der Waals surface area contributed by atoms with Crippen molar-refractivity contribution in [1.29, 1.82) is 0 Å². The lowest BCUT2D eigenvalue weighted by Crippen LogP contribution is -2.53. The number of amides is 1. The van der Waals surface area contributed by atoms with Gasteiger partial charge in [0.25, 0.3) is 0 Å². The van der Waals surface area contributed by atoms with E-state index in [4.69, 9.17) is 10.5 Å². The van der Waals surface area contributed by atoms with Crippen LogP contribution in [0.3, 0.4) is 0 Å². The van der Waals surface area contributed by atoms with Gasteiger partial charge in [-0.1, -0.05) is 13.8 Å². The maximum absolute atomic E-state index is 11.7. The molecular weight excluding hydrogens is 252 g/mol. The van der Waals surface area contributed by atoms with E-state index in [2.05, 4.69) is 19.2 Å². The number of hydrogen-bond donors (Lipinski definition) is 2. The fraction of sp³-hybridized carbons (Fsp3) is 0.923. The number of nitrogens with two attached hydrogens (primary N) is 1. The van der Waals surface area contributed by atoms with E-state index in [-0.39, 0.29) is 30.5 Å². The number of hydrogen-bond acceptors (Lipinski definition) is 3. The summed E-state index contributed by atoms with van der Waals surface area (Å²) in [5.74, 6) is 1.15. The van der Waals surface area contributed by atoms with Crippen LogP contribution in [0.15, 0.2) is 0 Å². The van der Waals surface area contributed by atoms with E-state index >= 15 is 0 Å². The van der Waals surface area contributed by atoms with Crippen molar-refractivity contribution in [2.45, 2.75) is 45.6 Å². The molecule has 3 N–H and O–H groups in total. The molecule has 1 amide bonds. The molecule has 1 rings (SSSR count). The zero-order valence-corrected chi connectivity index (χ0v) is 12.5. The highest BCUT2D eigenvalue weighted by atomic mass is 35.5. The Bertz CT molecular complexity index is 257. The molecule has 0 aromatic carbocycles. The summed E-state index contributed by atoms with van der Waals surface area (Å²) < 4.78 is 5.36. The number of carbonyl (C=O) groups excluding carboxylic acids is 1. The Morgan fingerprint density at radius 2 is 2.11 bits per heavy atom. The van der Waals surface area contributed by atoms with Gasteiger partial charge in [-0.25, -0.2) is 0 Å². The second kappa shape index (κ2) is 7.97. The van der Waals surface area contributed by atoms with E-state index < -0.39 is 0 Å². The fourth-order valence-electron chi connectivity index (χ4n) is 2.06. The molecule has 0 spiro atoms. The van der Waals surface area contributed by atoms with Gasteiger partial charge in [0.1, 0.15) is 6.61 Å². The standard InChI is InChI=1S/C13H26N2O2.ClH/c1-10(2)6-13(3,9-14)15-12(16)8-17-7-11-4-5-11;/h10-11H,4-9,14H2,1-3H3,(H,15,16);1H. The molecule has 0 saturated heterocycles. The topological polar surface area (TPSA) is 64.3 Å². The van der Waals surface area contributed by atoms with Crippen LogP contribution >= 0.6 is 12.4 Å². The van der Waals surface area contributed by atoms with Crippen LogP contribution in [0.4, 0.5) is 0 Å². The molecule has 0 aromatic rings. The highest BCUT2D eigenvalue weighted by Crippen LogP contribution is 2.28. The van der Waals surface area contributed by atoms with Crippen molar-refractivity contribution < 1.29 is 9.53 Å². The van der Waals surface area contributed by atoms with Crippen molar-refractivity contribution in [3.05, 3.63) is 0 Å². The number of carbonyl (C=O) groups is 1. The normalized spacial score (nSPS) is 18.1. The van der Waals surface area contributed by atoms with Gasteiger partial charge in [0.05, 0.1) is 6.61 Å². The Balaban J connectivity index is 0.00000289. The Morgan fingerprint density at radius 3 is 2.56 bits per heavy atom. The molecule has 108 valence electrons. The quantitative estimate of drug-likeness (QED) is 0.710. The zero-order chi connectivity index (χ0) is 12.9. The highest BCUT2D eigenvalue weighted by Gasteiger charge is 2.26. The average molecular weight is 279 g/mol. The van der Waals surface area contributed by atoms with Gasteiger partial charge < -0.3 is 15.8 Å². The Kier molecular flexibility index (Phi) is 7.83. The summed E-state index contributed by atoms with van der Waals surface area (Å²) in [6.45, 7) is 7.58. The minimum atomic E-state index is -0.311.